The molecule has 0 N–H and O–H groups in total. The van der Waals surface area contributed by atoms with Gasteiger partial charge in [-0.1, -0.05) is 24.3 Å². The first kappa shape index (κ1) is 18.5. The number of rotatable bonds is 6. The summed E-state index contributed by atoms with van der Waals surface area (Å²) in [6.07, 6.45) is 4.36. The number of benzene rings is 2. The van der Waals surface area contributed by atoms with Crippen molar-refractivity contribution in [2.45, 2.75) is 31.8 Å². The Labute approximate surface area is 152 Å². The summed E-state index contributed by atoms with van der Waals surface area (Å²) in [7, 11) is 1.76. The van der Waals surface area contributed by atoms with E-state index in [4.69, 9.17) is 4.74 Å². The summed E-state index contributed by atoms with van der Waals surface area (Å²) in [6, 6.07) is 10.7. The van der Waals surface area contributed by atoms with Crippen LogP contribution in [0.3, 0.4) is 0 Å². The van der Waals surface area contributed by atoms with Crippen LogP contribution < -0.4 is 0 Å². The van der Waals surface area contributed by atoms with Crippen LogP contribution in [0.4, 0.5) is 8.78 Å². The van der Waals surface area contributed by atoms with Crippen LogP contribution in [0, 0.1) is 11.6 Å². The average molecular weight is 359 g/mol. The monoisotopic (exact) mass is 359 g/mol. The highest BCUT2D eigenvalue weighted by Gasteiger charge is 2.17. The zero-order chi connectivity index (χ0) is 18.5. The van der Waals surface area contributed by atoms with Crippen LogP contribution >= 0.6 is 0 Å². The summed E-state index contributed by atoms with van der Waals surface area (Å²) in [5, 5.41) is 0. The Morgan fingerprint density at radius 1 is 1.23 bits per heavy atom. The molecule has 0 aliphatic carbocycles. The number of carbonyl (C=O) groups excluding carboxylic acids is 1. The van der Waals surface area contributed by atoms with Crippen molar-refractivity contribution in [2.24, 2.45) is 0 Å². The zero-order valence-corrected chi connectivity index (χ0v) is 14.9. The van der Waals surface area contributed by atoms with Gasteiger partial charge in [-0.25, -0.2) is 8.78 Å². The average Bonchev–Trinajstić information content (AvgIpc) is 3.17. The van der Waals surface area contributed by atoms with Gasteiger partial charge in [-0.3, -0.25) is 4.79 Å². The highest BCUT2D eigenvalue weighted by molar-refractivity contribution is 5.95. The molecule has 0 aromatic heterocycles. The predicted octanol–water partition coefficient (Wildman–Crippen LogP) is 4.66. The van der Waals surface area contributed by atoms with Crippen molar-refractivity contribution in [3.8, 4) is 11.1 Å². The molecular weight excluding hydrogens is 336 g/mol. The van der Waals surface area contributed by atoms with Crippen molar-refractivity contribution in [1.29, 1.82) is 0 Å². The van der Waals surface area contributed by atoms with Crippen LogP contribution in [0.1, 0.15) is 36.0 Å². The van der Waals surface area contributed by atoms with Crippen molar-refractivity contribution >= 4 is 5.91 Å². The lowest BCUT2D eigenvalue weighted by atomic mass is 10.0. The molecule has 1 saturated heterocycles. The summed E-state index contributed by atoms with van der Waals surface area (Å²) in [5.41, 5.74) is 1.10. The molecule has 0 radical (unpaired) electrons. The lowest BCUT2D eigenvalue weighted by Gasteiger charge is -2.19. The third kappa shape index (κ3) is 4.28. The fraction of sp³-hybridized carbons (Fsp3) is 0.381. The minimum atomic E-state index is -0.901. The molecular formula is C21H23F2NO2. The molecule has 1 amide bonds. The summed E-state index contributed by atoms with van der Waals surface area (Å²) in [6.45, 7) is 1.47. The maximum atomic E-state index is 14.0. The van der Waals surface area contributed by atoms with Gasteiger partial charge in [0.25, 0.3) is 5.91 Å². The first-order chi connectivity index (χ1) is 12.6. The standard InChI is InChI=1S/C21H23F2NO2/c1-24(12-4-8-17-9-5-13-26-17)21(25)16-7-2-6-15(14-16)18-10-3-11-19(22)20(18)23/h2-3,6-7,10-11,14,17H,4-5,8-9,12-13H2,1H3/t17-/m0/s1. The molecule has 0 spiro atoms. The van der Waals surface area contributed by atoms with Crippen molar-refractivity contribution in [3.63, 3.8) is 0 Å². The SMILES string of the molecule is CN(CCC[C@H]1CCCO1)C(=O)c1cccc(-c2cccc(F)c2F)c1. The quantitative estimate of drug-likeness (QED) is 0.751. The van der Waals surface area contributed by atoms with E-state index < -0.39 is 11.6 Å². The van der Waals surface area contributed by atoms with E-state index in [1.54, 1.807) is 36.2 Å². The van der Waals surface area contributed by atoms with E-state index in [1.807, 2.05) is 0 Å². The maximum Gasteiger partial charge on any atom is 0.253 e. The van der Waals surface area contributed by atoms with Crippen LogP contribution in [0.15, 0.2) is 42.5 Å². The van der Waals surface area contributed by atoms with E-state index in [-0.39, 0.29) is 11.5 Å². The fourth-order valence-electron chi connectivity index (χ4n) is 3.30. The topological polar surface area (TPSA) is 29.5 Å². The van der Waals surface area contributed by atoms with Gasteiger partial charge < -0.3 is 9.64 Å². The molecule has 1 aliphatic heterocycles. The highest BCUT2D eigenvalue weighted by Crippen LogP contribution is 2.25. The van der Waals surface area contributed by atoms with Gasteiger partial charge in [-0.2, -0.15) is 0 Å². The van der Waals surface area contributed by atoms with Crippen molar-refractivity contribution in [1.82, 2.24) is 4.90 Å². The van der Waals surface area contributed by atoms with Gasteiger partial charge in [-0.15, -0.1) is 0 Å². The van der Waals surface area contributed by atoms with E-state index in [0.717, 1.165) is 38.4 Å². The number of halogens is 2. The Balaban J connectivity index is 1.66. The molecule has 26 heavy (non-hydrogen) atoms. The Kier molecular flexibility index (Phi) is 5.99. The van der Waals surface area contributed by atoms with Crippen molar-refractivity contribution in [2.75, 3.05) is 20.2 Å². The molecule has 2 aromatic rings. The Morgan fingerprint density at radius 3 is 2.81 bits per heavy atom. The molecule has 1 heterocycles. The van der Waals surface area contributed by atoms with Crippen LogP contribution in [0.5, 0.6) is 0 Å². The van der Waals surface area contributed by atoms with Crippen LogP contribution in [-0.4, -0.2) is 37.1 Å². The number of carbonyl (C=O) groups is 1. The largest absolute Gasteiger partial charge is 0.378 e. The molecule has 3 rings (SSSR count). The summed E-state index contributed by atoms with van der Waals surface area (Å²) >= 11 is 0. The Bertz CT molecular complexity index is 772. The summed E-state index contributed by atoms with van der Waals surface area (Å²) in [4.78, 5) is 14.3. The van der Waals surface area contributed by atoms with Crippen LogP contribution in [0.2, 0.25) is 0 Å². The lowest BCUT2D eigenvalue weighted by Crippen LogP contribution is -2.28. The van der Waals surface area contributed by atoms with E-state index in [2.05, 4.69) is 0 Å². The van der Waals surface area contributed by atoms with E-state index in [9.17, 15) is 13.6 Å². The third-order valence-corrected chi connectivity index (χ3v) is 4.76. The lowest BCUT2D eigenvalue weighted by molar-refractivity contribution is 0.0763. The molecule has 0 bridgehead atoms. The van der Waals surface area contributed by atoms with Gasteiger partial charge >= 0.3 is 0 Å². The maximum absolute atomic E-state index is 14.0. The van der Waals surface area contributed by atoms with Gasteiger partial charge in [0.15, 0.2) is 11.6 Å². The Morgan fingerprint density at radius 2 is 2.04 bits per heavy atom. The predicted molar refractivity (Wildman–Crippen MR) is 97.0 cm³/mol. The van der Waals surface area contributed by atoms with Gasteiger partial charge in [0.2, 0.25) is 0 Å². The second kappa shape index (κ2) is 8.41. The van der Waals surface area contributed by atoms with E-state index in [1.165, 1.54) is 12.1 Å². The highest BCUT2D eigenvalue weighted by atomic mass is 19.2. The molecule has 5 heteroatoms. The summed E-state index contributed by atoms with van der Waals surface area (Å²) in [5.74, 6) is -1.93. The first-order valence-electron chi connectivity index (χ1n) is 8.98. The Hall–Kier alpha value is -2.27. The minimum absolute atomic E-state index is 0.129. The molecule has 2 aromatic carbocycles. The molecule has 138 valence electrons. The number of hydrogen-bond donors (Lipinski definition) is 0. The number of ether oxygens (including phenoxy) is 1. The van der Waals surface area contributed by atoms with E-state index in [0.29, 0.717) is 23.8 Å². The van der Waals surface area contributed by atoms with E-state index >= 15 is 0 Å². The van der Waals surface area contributed by atoms with Gasteiger partial charge in [0.1, 0.15) is 0 Å². The smallest absolute Gasteiger partial charge is 0.253 e. The molecule has 1 atom stereocenters. The molecule has 1 aliphatic rings. The van der Waals surface area contributed by atoms with Gasteiger partial charge in [0, 0.05) is 31.3 Å². The first-order valence-corrected chi connectivity index (χ1v) is 8.98. The van der Waals surface area contributed by atoms with Crippen LogP contribution in [-0.2, 0) is 4.74 Å². The molecule has 1 fully saturated rings. The van der Waals surface area contributed by atoms with Crippen molar-refractivity contribution < 1.29 is 18.3 Å². The molecule has 0 saturated carbocycles. The normalized spacial score (nSPS) is 16.7. The number of amides is 1. The van der Waals surface area contributed by atoms with Gasteiger partial charge in [0.05, 0.1) is 6.10 Å². The summed E-state index contributed by atoms with van der Waals surface area (Å²) < 4.78 is 33.1. The third-order valence-electron chi connectivity index (χ3n) is 4.76. The van der Waals surface area contributed by atoms with Crippen LogP contribution in [0.25, 0.3) is 11.1 Å². The number of nitrogens with zero attached hydrogens (tertiary/aromatic N) is 1. The second-order valence-electron chi connectivity index (χ2n) is 6.69. The number of hydrogen-bond acceptors (Lipinski definition) is 2. The van der Waals surface area contributed by atoms with Gasteiger partial charge in [-0.05, 0) is 49.4 Å². The second-order valence-corrected chi connectivity index (χ2v) is 6.69. The molecule has 0 unspecified atom stereocenters. The molecule has 3 nitrogen and oxygen atoms in total. The fourth-order valence-corrected chi connectivity index (χ4v) is 3.30. The minimum Gasteiger partial charge on any atom is -0.378 e. The van der Waals surface area contributed by atoms with Crippen molar-refractivity contribution in [3.05, 3.63) is 59.7 Å². The zero-order valence-electron chi connectivity index (χ0n) is 14.9.